The van der Waals surface area contributed by atoms with E-state index in [-0.39, 0.29) is 17.2 Å². The van der Waals surface area contributed by atoms with Gasteiger partial charge < -0.3 is 4.90 Å². The van der Waals surface area contributed by atoms with Crippen molar-refractivity contribution in [1.82, 2.24) is 14.7 Å². The number of nitrogens with one attached hydrogen (secondary N) is 1. The van der Waals surface area contributed by atoms with Crippen LogP contribution in [0.1, 0.15) is 47.9 Å². The summed E-state index contributed by atoms with van der Waals surface area (Å²) in [6.45, 7) is 5.27. The van der Waals surface area contributed by atoms with Gasteiger partial charge in [0.05, 0.1) is 17.1 Å². The Bertz CT molecular complexity index is 920. The molecular formula is C19H24N4O3S. The van der Waals surface area contributed by atoms with Gasteiger partial charge in [0.2, 0.25) is 16.0 Å². The highest BCUT2D eigenvalue weighted by Gasteiger charge is 2.17. The van der Waals surface area contributed by atoms with E-state index in [0.29, 0.717) is 17.2 Å². The standard InChI is InChI=1S/C19H24N4O3S/c1-14-12-17(22-19(21-14)23-10-4-3-5-11-23)13-20-27(25,26)18-8-6-16(7-9-18)15(2)24/h6-9,12,20H,3-5,10-11,13H2,1-2H3. The van der Waals surface area contributed by atoms with E-state index in [9.17, 15) is 13.2 Å². The van der Waals surface area contributed by atoms with Crippen LogP contribution in [0.3, 0.4) is 0 Å². The van der Waals surface area contributed by atoms with E-state index in [1.54, 1.807) is 6.07 Å². The average molecular weight is 388 g/mol. The van der Waals surface area contributed by atoms with Gasteiger partial charge in [-0.1, -0.05) is 12.1 Å². The van der Waals surface area contributed by atoms with Crippen molar-refractivity contribution >= 4 is 21.8 Å². The second kappa shape index (κ2) is 8.14. The van der Waals surface area contributed by atoms with Crippen molar-refractivity contribution in [2.24, 2.45) is 0 Å². The molecule has 0 bridgehead atoms. The third-order valence-electron chi connectivity index (χ3n) is 4.55. The number of carbonyl (C=O) groups is 1. The van der Waals surface area contributed by atoms with Crippen molar-refractivity contribution in [2.75, 3.05) is 18.0 Å². The van der Waals surface area contributed by atoms with Gasteiger partial charge in [-0.2, -0.15) is 0 Å². The molecule has 7 nitrogen and oxygen atoms in total. The zero-order valence-electron chi connectivity index (χ0n) is 15.6. The summed E-state index contributed by atoms with van der Waals surface area (Å²) >= 11 is 0. The number of benzene rings is 1. The van der Waals surface area contributed by atoms with Gasteiger partial charge in [0.1, 0.15) is 0 Å². The van der Waals surface area contributed by atoms with Crippen LogP contribution < -0.4 is 9.62 Å². The monoisotopic (exact) mass is 388 g/mol. The Hall–Kier alpha value is -2.32. The molecule has 1 fully saturated rings. The minimum atomic E-state index is -3.69. The fourth-order valence-electron chi connectivity index (χ4n) is 3.06. The zero-order valence-corrected chi connectivity index (χ0v) is 16.4. The van der Waals surface area contributed by atoms with Crippen LogP contribution in [-0.4, -0.2) is 37.3 Å². The molecule has 0 saturated carbocycles. The Morgan fingerprint density at radius 2 is 1.78 bits per heavy atom. The lowest BCUT2D eigenvalue weighted by atomic mass is 10.1. The molecule has 0 amide bonds. The summed E-state index contributed by atoms with van der Waals surface area (Å²) in [5, 5.41) is 0. The van der Waals surface area contributed by atoms with Crippen LogP contribution in [0.5, 0.6) is 0 Å². The molecule has 2 heterocycles. The molecule has 0 unspecified atom stereocenters. The predicted octanol–water partition coefficient (Wildman–Crippen LogP) is 2.46. The number of aryl methyl sites for hydroxylation is 1. The van der Waals surface area contributed by atoms with Crippen molar-refractivity contribution in [3.63, 3.8) is 0 Å². The zero-order chi connectivity index (χ0) is 19.4. The molecule has 1 aromatic heterocycles. The largest absolute Gasteiger partial charge is 0.341 e. The van der Waals surface area contributed by atoms with E-state index in [1.807, 2.05) is 6.92 Å². The number of Topliss-reactive ketones (excluding diaryl/α,β-unsaturated/α-hetero) is 1. The molecule has 27 heavy (non-hydrogen) atoms. The second-order valence-corrected chi connectivity index (χ2v) is 8.52. The first kappa shape index (κ1) is 19.4. The second-order valence-electron chi connectivity index (χ2n) is 6.75. The summed E-state index contributed by atoms with van der Waals surface area (Å²) in [7, 11) is -3.69. The average Bonchev–Trinajstić information content (AvgIpc) is 2.67. The quantitative estimate of drug-likeness (QED) is 0.764. The number of hydrogen-bond acceptors (Lipinski definition) is 6. The van der Waals surface area contributed by atoms with Gasteiger partial charge in [-0.05, 0) is 51.3 Å². The number of carbonyl (C=O) groups excluding carboxylic acids is 1. The molecule has 0 aliphatic carbocycles. The maximum Gasteiger partial charge on any atom is 0.240 e. The fourth-order valence-corrected chi connectivity index (χ4v) is 4.06. The van der Waals surface area contributed by atoms with Crippen LogP contribution in [0, 0.1) is 6.92 Å². The highest BCUT2D eigenvalue weighted by Crippen LogP contribution is 2.17. The molecule has 144 valence electrons. The van der Waals surface area contributed by atoms with Gasteiger partial charge in [0, 0.05) is 24.3 Å². The van der Waals surface area contributed by atoms with Crippen LogP contribution in [-0.2, 0) is 16.6 Å². The molecule has 2 aromatic rings. The smallest absolute Gasteiger partial charge is 0.240 e. The maximum absolute atomic E-state index is 12.5. The summed E-state index contributed by atoms with van der Waals surface area (Å²) in [6, 6.07) is 7.68. The normalized spacial score (nSPS) is 15.0. The van der Waals surface area contributed by atoms with Gasteiger partial charge in [-0.15, -0.1) is 0 Å². The molecule has 3 rings (SSSR count). The van der Waals surface area contributed by atoms with Gasteiger partial charge in [0.25, 0.3) is 0 Å². The van der Waals surface area contributed by atoms with Crippen LogP contribution in [0.15, 0.2) is 35.2 Å². The summed E-state index contributed by atoms with van der Waals surface area (Å²) in [5.74, 6) is 0.559. The SMILES string of the molecule is CC(=O)c1ccc(S(=O)(=O)NCc2cc(C)nc(N3CCCCC3)n2)cc1. The molecule has 1 saturated heterocycles. The van der Waals surface area contributed by atoms with Crippen molar-refractivity contribution in [2.45, 2.75) is 44.6 Å². The van der Waals surface area contributed by atoms with Crippen LogP contribution in [0.25, 0.3) is 0 Å². The minimum absolute atomic E-state index is 0.0843. The van der Waals surface area contributed by atoms with E-state index in [0.717, 1.165) is 31.6 Å². The Labute approximate surface area is 159 Å². The number of sulfonamides is 1. The summed E-state index contributed by atoms with van der Waals surface area (Å²) in [5.41, 5.74) is 1.92. The molecule has 1 aliphatic heterocycles. The van der Waals surface area contributed by atoms with Crippen molar-refractivity contribution in [3.8, 4) is 0 Å². The summed E-state index contributed by atoms with van der Waals surface area (Å²) in [4.78, 5) is 22.6. The van der Waals surface area contributed by atoms with E-state index < -0.39 is 10.0 Å². The molecule has 1 aromatic carbocycles. The Balaban J connectivity index is 1.73. The lowest BCUT2D eigenvalue weighted by molar-refractivity contribution is 0.101. The van der Waals surface area contributed by atoms with Gasteiger partial charge in [0.15, 0.2) is 5.78 Å². The first-order chi connectivity index (χ1) is 12.8. The van der Waals surface area contributed by atoms with Gasteiger partial charge in [-0.3, -0.25) is 4.79 Å². The molecule has 1 aliphatic rings. The lowest BCUT2D eigenvalue weighted by Gasteiger charge is -2.27. The summed E-state index contributed by atoms with van der Waals surface area (Å²) in [6.07, 6.45) is 3.46. The number of rotatable bonds is 6. The van der Waals surface area contributed by atoms with Crippen LogP contribution in [0.2, 0.25) is 0 Å². The third-order valence-corrected chi connectivity index (χ3v) is 5.97. The molecule has 0 atom stereocenters. The van der Waals surface area contributed by atoms with E-state index in [1.165, 1.54) is 37.6 Å². The topological polar surface area (TPSA) is 92.3 Å². The molecular weight excluding hydrogens is 364 g/mol. The fraction of sp³-hybridized carbons (Fsp3) is 0.421. The first-order valence-electron chi connectivity index (χ1n) is 9.05. The molecule has 8 heteroatoms. The van der Waals surface area contributed by atoms with E-state index in [2.05, 4.69) is 19.6 Å². The Morgan fingerprint density at radius 1 is 1.11 bits per heavy atom. The van der Waals surface area contributed by atoms with Crippen LogP contribution in [0.4, 0.5) is 5.95 Å². The highest BCUT2D eigenvalue weighted by atomic mass is 32.2. The number of ketones is 1. The maximum atomic E-state index is 12.5. The first-order valence-corrected chi connectivity index (χ1v) is 10.5. The summed E-state index contributed by atoms with van der Waals surface area (Å²) < 4.78 is 27.6. The minimum Gasteiger partial charge on any atom is -0.341 e. The van der Waals surface area contributed by atoms with Crippen molar-refractivity contribution in [3.05, 3.63) is 47.3 Å². The Morgan fingerprint density at radius 3 is 2.41 bits per heavy atom. The van der Waals surface area contributed by atoms with Crippen molar-refractivity contribution < 1.29 is 13.2 Å². The van der Waals surface area contributed by atoms with Gasteiger partial charge >= 0.3 is 0 Å². The number of anilines is 1. The number of hydrogen-bond donors (Lipinski definition) is 1. The van der Waals surface area contributed by atoms with E-state index in [4.69, 9.17) is 0 Å². The lowest BCUT2D eigenvalue weighted by Crippen LogP contribution is -2.32. The third kappa shape index (κ3) is 4.90. The Kier molecular flexibility index (Phi) is 5.86. The number of aromatic nitrogens is 2. The molecule has 0 spiro atoms. The number of piperidine rings is 1. The predicted molar refractivity (Wildman–Crippen MR) is 103 cm³/mol. The highest BCUT2D eigenvalue weighted by molar-refractivity contribution is 7.89. The van der Waals surface area contributed by atoms with Crippen molar-refractivity contribution in [1.29, 1.82) is 0 Å². The van der Waals surface area contributed by atoms with E-state index >= 15 is 0 Å². The van der Waals surface area contributed by atoms with Crippen LogP contribution >= 0.6 is 0 Å². The van der Waals surface area contributed by atoms with Gasteiger partial charge in [-0.25, -0.2) is 23.1 Å². The molecule has 1 N–H and O–H groups in total. The molecule has 0 radical (unpaired) electrons. The number of nitrogens with zero attached hydrogens (tertiary/aromatic N) is 3.